The molecule has 0 heterocycles. The number of unbranched alkanes of at least 4 members (excludes halogenated alkanes) is 15. The number of carbonyl (C=O) groups excluding carboxylic acids is 2. The van der Waals surface area contributed by atoms with Crippen LogP contribution in [-0.4, -0.2) is 36.4 Å². The fourth-order valence-electron chi connectivity index (χ4n) is 4.45. The lowest BCUT2D eigenvalue weighted by molar-refractivity contribution is -0.161. The minimum Gasteiger partial charge on any atom is -0.462 e. The molecule has 1 N–H and O–H groups in total. The van der Waals surface area contributed by atoms with Crippen molar-refractivity contribution in [1.82, 2.24) is 0 Å². The van der Waals surface area contributed by atoms with Crippen LogP contribution in [0.3, 0.4) is 0 Å². The Hall–Kier alpha value is -1.88. The van der Waals surface area contributed by atoms with Crippen molar-refractivity contribution in [3.63, 3.8) is 0 Å². The lowest BCUT2D eigenvalue weighted by atomic mass is 10.1. The SMILES string of the molecule is CC/C=C\C/C=C\C/C=C\CCCCCCCC(=O)OCC(CO)OC(=O)CCCCCCCCCCCCC. The number of aliphatic hydroxyl groups excluding tert-OH is 1. The Labute approximate surface area is 246 Å². The van der Waals surface area contributed by atoms with Crippen LogP contribution in [0.5, 0.6) is 0 Å². The summed E-state index contributed by atoms with van der Waals surface area (Å²) in [6.45, 7) is 3.98. The highest BCUT2D eigenvalue weighted by molar-refractivity contribution is 5.70. The maximum atomic E-state index is 12.1. The van der Waals surface area contributed by atoms with Crippen LogP contribution in [0.2, 0.25) is 0 Å². The predicted molar refractivity (Wildman–Crippen MR) is 168 cm³/mol. The molecule has 0 aromatic heterocycles. The van der Waals surface area contributed by atoms with Gasteiger partial charge in [0, 0.05) is 12.8 Å². The summed E-state index contributed by atoms with van der Waals surface area (Å²) in [5.41, 5.74) is 0. The summed E-state index contributed by atoms with van der Waals surface area (Å²) >= 11 is 0. The van der Waals surface area contributed by atoms with Gasteiger partial charge in [0.25, 0.3) is 0 Å². The molecule has 5 nitrogen and oxygen atoms in total. The van der Waals surface area contributed by atoms with Crippen LogP contribution in [0.15, 0.2) is 36.5 Å². The largest absolute Gasteiger partial charge is 0.462 e. The van der Waals surface area contributed by atoms with E-state index in [2.05, 4.69) is 50.3 Å². The smallest absolute Gasteiger partial charge is 0.306 e. The van der Waals surface area contributed by atoms with Crippen molar-refractivity contribution in [2.45, 2.75) is 161 Å². The van der Waals surface area contributed by atoms with E-state index in [4.69, 9.17) is 9.47 Å². The summed E-state index contributed by atoms with van der Waals surface area (Å²) in [5.74, 6) is -0.613. The molecule has 0 spiro atoms. The molecule has 5 heteroatoms. The Morgan fingerprint density at radius 3 is 1.62 bits per heavy atom. The highest BCUT2D eigenvalue weighted by atomic mass is 16.6. The molecule has 0 radical (unpaired) electrons. The van der Waals surface area contributed by atoms with Crippen LogP contribution < -0.4 is 0 Å². The number of hydrogen-bond donors (Lipinski definition) is 1. The summed E-state index contributed by atoms with van der Waals surface area (Å²) < 4.78 is 10.5. The maximum Gasteiger partial charge on any atom is 0.306 e. The van der Waals surface area contributed by atoms with Crippen molar-refractivity contribution < 1.29 is 24.2 Å². The predicted octanol–water partition coefficient (Wildman–Crippen LogP) is 9.72. The Morgan fingerprint density at radius 2 is 1.07 bits per heavy atom. The van der Waals surface area contributed by atoms with Gasteiger partial charge >= 0.3 is 11.9 Å². The molecule has 0 saturated carbocycles. The van der Waals surface area contributed by atoms with Gasteiger partial charge in [0.1, 0.15) is 6.61 Å². The molecule has 0 aromatic carbocycles. The summed E-state index contributed by atoms with van der Waals surface area (Å²) in [5, 5.41) is 9.49. The van der Waals surface area contributed by atoms with Crippen molar-refractivity contribution in [2.75, 3.05) is 13.2 Å². The summed E-state index contributed by atoms with van der Waals surface area (Å²) in [4.78, 5) is 24.1. The molecule has 0 aliphatic carbocycles. The minimum absolute atomic E-state index is 0.0731. The molecular weight excluding hydrogens is 500 g/mol. The summed E-state index contributed by atoms with van der Waals surface area (Å²) in [6.07, 6.45) is 36.2. The number of carbonyl (C=O) groups is 2. The van der Waals surface area contributed by atoms with Crippen molar-refractivity contribution in [2.24, 2.45) is 0 Å². The fraction of sp³-hybridized carbons (Fsp3) is 0.771. The normalized spacial score (nSPS) is 12.6. The van der Waals surface area contributed by atoms with Gasteiger partial charge in [0.2, 0.25) is 0 Å². The van der Waals surface area contributed by atoms with Gasteiger partial charge in [-0.25, -0.2) is 0 Å². The lowest BCUT2D eigenvalue weighted by Crippen LogP contribution is -2.28. The van der Waals surface area contributed by atoms with Crippen molar-refractivity contribution >= 4 is 11.9 Å². The zero-order valence-electron chi connectivity index (χ0n) is 26.1. The van der Waals surface area contributed by atoms with Gasteiger partial charge in [-0.05, 0) is 44.9 Å². The topological polar surface area (TPSA) is 72.8 Å². The number of ether oxygens (including phenoxy) is 2. The van der Waals surface area contributed by atoms with Crippen molar-refractivity contribution in [3.8, 4) is 0 Å². The second-order valence-corrected chi connectivity index (χ2v) is 10.9. The third-order valence-corrected chi connectivity index (χ3v) is 6.95. The van der Waals surface area contributed by atoms with Gasteiger partial charge in [0.05, 0.1) is 6.61 Å². The highest BCUT2D eigenvalue weighted by Crippen LogP contribution is 2.13. The average molecular weight is 563 g/mol. The van der Waals surface area contributed by atoms with E-state index in [0.717, 1.165) is 64.2 Å². The first-order chi connectivity index (χ1) is 19.6. The van der Waals surface area contributed by atoms with Crippen molar-refractivity contribution in [3.05, 3.63) is 36.5 Å². The van der Waals surface area contributed by atoms with E-state index in [9.17, 15) is 14.7 Å². The molecule has 1 unspecified atom stereocenters. The second kappa shape index (κ2) is 31.6. The van der Waals surface area contributed by atoms with Crippen LogP contribution in [0.1, 0.15) is 155 Å². The number of esters is 2. The molecule has 0 fully saturated rings. The molecule has 0 aromatic rings. The van der Waals surface area contributed by atoms with E-state index in [1.165, 1.54) is 64.2 Å². The molecule has 0 saturated heterocycles. The summed E-state index contributed by atoms with van der Waals surface area (Å²) in [6, 6.07) is 0. The van der Waals surface area contributed by atoms with E-state index in [0.29, 0.717) is 12.8 Å². The van der Waals surface area contributed by atoms with Crippen molar-refractivity contribution in [1.29, 1.82) is 0 Å². The van der Waals surface area contributed by atoms with Gasteiger partial charge < -0.3 is 14.6 Å². The zero-order valence-corrected chi connectivity index (χ0v) is 26.1. The minimum atomic E-state index is -0.773. The second-order valence-electron chi connectivity index (χ2n) is 10.9. The molecule has 0 aliphatic rings. The van der Waals surface area contributed by atoms with Gasteiger partial charge in [-0.1, -0.05) is 134 Å². The molecule has 1 atom stereocenters. The molecule has 232 valence electrons. The Balaban J connectivity index is 3.62. The van der Waals surface area contributed by atoms with Crippen LogP contribution in [0, 0.1) is 0 Å². The van der Waals surface area contributed by atoms with E-state index in [-0.39, 0.29) is 25.2 Å². The third kappa shape index (κ3) is 29.1. The van der Waals surface area contributed by atoms with Gasteiger partial charge in [-0.3, -0.25) is 9.59 Å². The standard InChI is InChI=1S/C35H62O5/c1-3-5-7-9-11-13-15-16-17-18-20-21-23-25-27-29-34(37)39-32-33(31-36)40-35(38)30-28-26-24-22-19-14-12-10-8-6-4-2/h5,7,11,13,16-17,33,36H,3-4,6,8-10,12,14-15,18-32H2,1-2H3/b7-5-,13-11-,17-16-. The van der Waals surface area contributed by atoms with Gasteiger partial charge in [-0.15, -0.1) is 0 Å². The van der Waals surface area contributed by atoms with E-state index in [1.54, 1.807) is 0 Å². The zero-order chi connectivity index (χ0) is 29.4. The average Bonchev–Trinajstić information content (AvgIpc) is 2.96. The first kappa shape index (κ1) is 38.1. The van der Waals surface area contributed by atoms with E-state index in [1.807, 2.05) is 0 Å². The summed E-state index contributed by atoms with van der Waals surface area (Å²) in [7, 11) is 0. The molecule has 0 bridgehead atoms. The molecular formula is C35H62O5. The van der Waals surface area contributed by atoms with Crippen LogP contribution in [0.25, 0.3) is 0 Å². The van der Waals surface area contributed by atoms with Crippen LogP contribution in [0.4, 0.5) is 0 Å². The quantitative estimate of drug-likeness (QED) is 0.0558. The number of aliphatic hydroxyl groups is 1. The highest BCUT2D eigenvalue weighted by Gasteiger charge is 2.16. The maximum absolute atomic E-state index is 12.1. The molecule has 0 aliphatic heterocycles. The number of rotatable bonds is 29. The van der Waals surface area contributed by atoms with E-state index >= 15 is 0 Å². The number of hydrogen-bond acceptors (Lipinski definition) is 5. The van der Waals surface area contributed by atoms with Gasteiger partial charge in [-0.2, -0.15) is 0 Å². The van der Waals surface area contributed by atoms with Crippen LogP contribution in [-0.2, 0) is 19.1 Å². The Morgan fingerprint density at radius 1 is 0.600 bits per heavy atom. The van der Waals surface area contributed by atoms with Crippen LogP contribution >= 0.6 is 0 Å². The van der Waals surface area contributed by atoms with E-state index < -0.39 is 6.10 Å². The lowest BCUT2D eigenvalue weighted by Gasteiger charge is -2.15. The molecule has 40 heavy (non-hydrogen) atoms. The monoisotopic (exact) mass is 562 g/mol. The third-order valence-electron chi connectivity index (χ3n) is 6.95. The fourth-order valence-corrected chi connectivity index (χ4v) is 4.45. The Kier molecular flexibility index (Phi) is 30.2. The van der Waals surface area contributed by atoms with Gasteiger partial charge in [0.15, 0.2) is 6.10 Å². The first-order valence-electron chi connectivity index (χ1n) is 16.5. The number of allylic oxidation sites excluding steroid dienone is 6. The molecule has 0 rings (SSSR count). The molecule has 0 amide bonds. The first-order valence-corrected chi connectivity index (χ1v) is 16.5. The Bertz CT molecular complexity index is 652.